The molecular formula is C15H15N5O2S2. The number of hydrogen-bond acceptors (Lipinski definition) is 4. The van der Waals surface area contributed by atoms with Gasteiger partial charge >= 0.3 is 0 Å². The van der Waals surface area contributed by atoms with Gasteiger partial charge in [-0.1, -0.05) is 18.2 Å². The number of thiocarbonyl (C=S) groups is 2. The van der Waals surface area contributed by atoms with Crippen molar-refractivity contribution in [3.63, 3.8) is 0 Å². The molecule has 124 valence electrons. The zero-order valence-corrected chi connectivity index (χ0v) is 14.3. The summed E-state index contributed by atoms with van der Waals surface area (Å²) in [4.78, 5) is 10.1. The molecule has 0 bridgehead atoms. The van der Waals surface area contributed by atoms with Gasteiger partial charge in [0.1, 0.15) is 0 Å². The van der Waals surface area contributed by atoms with Gasteiger partial charge in [-0.15, -0.1) is 0 Å². The Labute approximate surface area is 149 Å². The zero-order valence-electron chi connectivity index (χ0n) is 12.7. The minimum Gasteiger partial charge on any atom is -0.331 e. The minimum atomic E-state index is -0.461. The molecule has 0 aliphatic carbocycles. The van der Waals surface area contributed by atoms with E-state index in [-0.39, 0.29) is 10.8 Å². The van der Waals surface area contributed by atoms with Crippen LogP contribution < -0.4 is 21.5 Å². The molecule has 0 heterocycles. The molecule has 7 nitrogen and oxygen atoms in total. The van der Waals surface area contributed by atoms with Gasteiger partial charge in [0, 0.05) is 23.5 Å². The fourth-order valence-corrected chi connectivity index (χ4v) is 2.14. The van der Waals surface area contributed by atoms with Crippen LogP contribution in [0.25, 0.3) is 0 Å². The number of aryl methyl sites for hydroxylation is 1. The summed E-state index contributed by atoms with van der Waals surface area (Å²) in [5.74, 6) is 0. The van der Waals surface area contributed by atoms with Crippen molar-refractivity contribution in [2.45, 2.75) is 6.92 Å². The normalized spacial score (nSPS) is 9.71. The van der Waals surface area contributed by atoms with E-state index in [1.165, 1.54) is 12.1 Å². The largest absolute Gasteiger partial charge is 0.331 e. The van der Waals surface area contributed by atoms with E-state index in [1.54, 1.807) is 12.1 Å². The first-order valence-electron chi connectivity index (χ1n) is 6.90. The molecule has 0 atom stereocenters. The number of benzene rings is 2. The van der Waals surface area contributed by atoms with Crippen LogP contribution in [0.3, 0.4) is 0 Å². The fourth-order valence-electron chi connectivity index (χ4n) is 1.81. The van der Waals surface area contributed by atoms with Gasteiger partial charge in [-0.3, -0.25) is 21.0 Å². The van der Waals surface area contributed by atoms with Gasteiger partial charge in [-0.25, -0.2) is 0 Å². The highest BCUT2D eigenvalue weighted by molar-refractivity contribution is 7.81. The van der Waals surface area contributed by atoms with Gasteiger partial charge in [-0.2, -0.15) is 0 Å². The molecule has 0 radical (unpaired) electrons. The smallest absolute Gasteiger partial charge is 0.269 e. The van der Waals surface area contributed by atoms with E-state index in [0.29, 0.717) is 10.8 Å². The van der Waals surface area contributed by atoms with Crippen LogP contribution in [0, 0.1) is 17.0 Å². The third-order valence-electron chi connectivity index (χ3n) is 3.02. The van der Waals surface area contributed by atoms with Crippen LogP contribution in [0.2, 0.25) is 0 Å². The topological polar surface area (TPSA) is 91.3 Å². The summed E-state index contributed by atoms with van der Waals surface area (Å²) in [6, 6.07) is 13.7. The predicted molar refractivity (Wildman–Crippen MR) is 103 cm³/mol. The Morgan fingerprint density at radius 2 is 1.54 bits per heavy atom. The molecular weight excluding hydrogens is 346 g/mol. The lowest BCUT2D eigenvalue weighted by Crippen LogP contribution is -2.45. The number of hydrogen-bond donors (Lipinski definition) is 4. The second-order valence-corrected chi connectivity index (χ2v) is 5.59. The lowest BCUT2D eigenvalue weighted by Gasteiger charge is -2.15. The van der Waals surface area contributed by atoms with Crippen LogP contribution in [0.15, 0.2) is 48.5 Å². The van der Waals surface area contributed by atoms with Crippen LogP contribution in [0.4, 0.5) is 17.1 Å². The van der Waals surface area contributed by atoms with Gasteiger partial charge in [0.15, 0.2) is 10.2 Å². The van der Waals surface area contributed by atoms with E-state index in [1.807, 2.05) is 31.2 Å². The molecule has 0 saturated carbocycles. The van der Waals surface area contributed by atoms with Crippen LogP contribution in [0.1, 0.15) is 5.56 Å². The molecule has 9 heteroatoms. The number of hydrazine groups is 1. The van der Waals surface area contributed by atoms with Gasteiger partial charge in [0.05, 0.1) is 4.92 Å². The predicted octanol–water partition coefficient (Wildman–Crippen LogP) is 3.09. The van der Waals surface area contributed by atoms with Crippen molar-refractivity contribution in [1.29, 1.82) is 0 Å². The Balaban J connectivity index is 1.81. The number of nitro benzene ring substituents is 1. The molecule has 24 heavy (non-hydrogen) atoms. The number of nitrogens with zero attached hydrogens (tertiary/aromatic N) is 1. The summed E-state index contributed by atoms with van der Waals surface area (Å²) in [7, 11) is 0. The van der Waals surface area contributed by atoms with Gasteiger partial charge in [-0.05, 0) is 55.1 Å². The molecule has 2 aromatic carbocycles. The lowest BCUT2D eigenvalue weighted by molar-refractivity contribution is -0.384. The molecule has 2 rings (SSSR count). The van der Waals surface area contributed by atoms with E-state index >= 15 is 0 Å². The number of nitrogens with one attached hydrogen (secondary N) is 4. The number of anilines is 2. The number of rotatable bonds is 3. The summed E-state index contributed by atoms with van der Waals surface area (Å²) >= 11 is 10.3. The maximum absolute atomic E-state index is 10.6. The first-order valence-corrected chi connectivity index (χ1v) is 7.71. The van der Waals surface area contributed by atoms with Crippen molar-refractivity contribution < 1.29 is 4.92 Å². The second-order valence-electron chi connectivity index (χ2n) is 4.78. The molecule has 0 aliphatic rings. The van der Waals surface area contributed by atoms with Crippen molar-refractivity contribution in [3.05, 3.63) is 64.2 Å². The zero-order chi connectivity index (χ0) is 17.5. The highest BCUT2D eigenvalue weighted by Crippen LogP contribution is 2.15. The quantitative estimate of drug-likeness (QED) is 0.377. The Kier molecular flexibility index (Phi) is 5.99. The van der Waals surface area contributed by atoms with Crippen molar-refractivity contribution in [2.75, 3.05) is 10.6 Å². The van der Waals surface area contributed by atoms with E-state index in [0.717, 1.165) is 11.3 Å². The highest BCUT2D eigenvalue weighted by atomic mass is 32.1. The monoisotopic (exact) mass is 361 g/mol. The van der Waals surface area contributed by atoms with Crippen LogP contribution in [-0.4, -0.2) is 15.1 Å². The minimum absolute atomic E-state index is 0.0150. The van der Waals surface area contributed by atoms with Crippen molar-refractivity contribution in [2.24, 2.45) is 0 Å². The summed E-state index contributed by atoms with van der Waals surface area (Å²) in [5.41, 5.74) is 8.10. The maximum atomic E-state index is 10.6. The first-order chi connectivity index (χ1) is 11.5. The van der Waals surface area contributed by atoms with Gasteiger partial charge in [0.25, 0.3) is 5.69 Å². The second kappa shape index (κ2) is 8.18. The summed E-state index contributed by atoms with van der Waals surface area (Å²) in [6.07, 6.45) is 0. The molecule has 0 saturated heterocycles. The first kappa shape index (κ1) is 17.6. The molecule has 0 aromatic heterocycles. The van der Waals surface area contributed by atoms with Crippen LogP contribution >= 0.6 is 24.4 Å². The van der Waals surface area contributed by atoms with E-state index < -0.39 is 4.92 Å². The van der Waals surface area contributed by atoms with Crippen LogP contribution in [0.5, 0.6) is 0 Å². The molecule has 0 unspecified atom stereocenters. The maximum Gasteiger partial charge on any atom is 0.269 e. The van der Waals surface area contributed by atoms with Gasteiger partial charge in [0.2, 0.25) is 0 Å². The molecule has 0 aliphatic heterocycles. The van der Waals surface area contributed by atoms with Crippen molar-refractivity contribution in [1.82, 2.24) is 10.9 Å². The number of non-ortho nitro benzene ring substituents is 1. The van der Waals surface area contributed by atoms with E-state index in [4.69, 9.17) is 24.4 Å². The van der Waals surface area contributed by atoms with Gasteiger partial charge < -0.3 is 10.6 Å². The Hall–Kier alpha value is -2.78. The molecule has 2 aromatic rings. The average molecular weight is 361 g/mol. The highest BCUT2D eigenvalue weighted by Gasteiger charge is 2.05. The van der Waals surface area contributed by atoms with Crippen molar-refractivity contribution >= 4 is 51.7 Å². The number of para-hydroxylation sites is 1. The molecule has 4 N–H and O–H groups in total. The Bertz CT molecular complexity index is 765. The third kappa shape index (κ3) is 5.14. The average Bonchev–Trinajstić information content (AvgIpc) is 2.55. The standard InChI is InChI=1S/C15H15N5O2S2/c1-10-4-2-3-5-13(10)17-15(24)19-18-14(23)16-11-6-8-12(9-7-11)20(21)22/h2-9H,1H3,(H2,16,18,23)(H2,17,19,24). The lowest BCUT2D eigenvalue weighted by atomic mass is 10.2. The van der Waals surface area contributed by atoms with E-state index in [9.17, 15) is 10.1 Å². The molecule has 0 amide bonds. The molecule has 0 spiro atoms. The SMILES string of the molecule is Cc1ccccc1NC(=S)NNC(=S)Nc1ccc([N+](=O)[O-])cc1. The van der Waals surface area contributed by atoms with Crippen LogP contribution in [-0.2, 0) is 0 Å². The number of nitro groups is 1. The Morgan fingerprint density at radius 3 is 2.12 bits per heavy atom. The summed E-state index contributed by atoms with van der Waals surface area (Å²) in [5, 5.41) is 17.2. The fraction of sp³-hybridized carbons (Fsp3) is 0.0667. The van der Waals surface area contributed by atoms with Crippen molar-refractivity contribution in [3.8, 4) is 0 Å². The third-order valence-corrected chi connectivity index (χ3v) is 3.43. The Morgan fingerprint density at radius 1 is 0.958 bits per heavy atom. The summed E-state index contributed by atoms with van der Waals surface area (Å²) < 4.78 is 0. The molecule has 0 fully saturated rings. The van der Waals surface area contributed by atoms with E-state index in [2.05, 4.69) is 21.5 Å². The summed E-state index contributed by atoms with van der Waals surface area (Å²) in [6.45, 7) is 1.97.